The number of carbonyl (C=O) groups excluding carboxylic acids is 1. The molecule has 0 aliphatic heterocycles. The summed E-state index contributed by atoms with van der Waals surface area (Å²) in [5.74, 6) is -1.14. The van der Waals surface area contributed by atoms with E-state index in [4.69, 9.17) is 4.42 Å². The largest absolute Gasteiger partial charge is 0.438 e. The first-order valence-corrected chi connectivity index (χ1v) is 10.3. The number of nitrogens with one attached hydrogen (secondary N) is 1. The second-order valence-corrected chi connectivity index (χ2v) is 8.63. The molecule has 1 aliphatic rings. The number of halogens is 3. The zero-order chi connectivity index (χ0) is 23.1. The summed E-state index contributed by atoms with van der Waals surface area (Å²) in [6.07, 6.45) is -1.72. The van der Waals surface area contributed by atoms with Crippen molar-refractivity contribution in [3.63, 3.8) is 0 Å². The lowest BCUT2D eigenvalue weighted by atomic mass is 9.83. The Labute approximate surface area is 184 Å². The van der Waals surface area contributed by atoms with Crippen LogP contribution in [0.4, 0.5) is 18.9 Å². The molecule has 8 heteroatoms. The number of amides is 1. The summed E-state index contributed by atoms with van der Waals surface area (Å²) >= 11 is 0. The number of aromatic nitrogens is 1. The van der Waals surface area contributed by atoms with E-state index in [9.17, 15) is 18.0 Å². The third kappa shape index (κ3) is 3.97. The Balaban J connectivity index is 1.55. The fourth-order valence-electron chi connectivity index (χ4n) is 4.43. The molecule has 5 nitrogen and oxygen atoms in total. The van der Waals surface area contributed by atoms with Crippen molar-refractivity contribution in [2.24, 2.45) is 0 Å². The molecule has 0 saturated heterocycles. The molecule has 0 saturated carbocycles. The van der Waals surface area contributed by atoms with Gasteiger partial charge in [-0.3, -0.25) is 4.79 Å². The second kappa shape index (κ2) is 8.00. The van der Waals surface area contributed by atoms with Gasteiger partial charge in [-0.1, -0.05) is 50.2 Å². The predicted octanol–water partition coefficient (Wildman–Crippen LogP) is 5.36. The lowest BCUT2D eigenvalue weighted by Gasteiger charge is -2.31. The van der Waals surface area contributed by atoms with Crippen molar-refractivity contribution < 1.29 is 22.4 Å². The number of benzene rings is 2. The van der Waals surface area contributed by atoms with E-state index in [0.29, 0.717) is 4.90 Å². The zero-order valence-corrected chi connectivity index (χ0v) is 18.0. The molecule has 1 amide bonds. The fraction of sp³-hybridized carbons (Fsp3) is 0.333. The standard InChI is InChI=1S/C24H24F3N3O2/c1-23(2)18-7-5-4-6-16(18)12-20(23)29-17-10-8-15(9-11-17)21(24(25,26)27)30(3)22(31)19-13-28-14-32-19/h4-11,13-14,20-21,29H,12H2,1-3H3. The highest BCUT2D eigenvalue weighted by Crippen LogP contribution is 2.41. The molecule has 1 heterocycles. The maximum atomic E-state index is 13.9. The van der Waals surface area contributed by atoms with Gasteiger partial charge in [0.1, 0.15) is 0 Å². The molecule has 1 N–H and O–H groups in total. The fourth-order valence-corrected chi connectivity index (χ4v) is 4.43. The molecule has 4 rings (SSSR count). The molecule has 168 valence electrons. The van der Waals surface area contributed by atoms with Gasteiger partial charge >= 0.3 is 6.18 Å². The lowest BCUT2D eigenvalue weighted by molar-refractivity contribution is -0.176. The number of anilines is 1. The third-order valence-electron chi connectivity index (χ3n) is 6.23. The van der Waals surface area contributed by atoms with Gasteiger partial charge in [-0.2, -0.15) is 13.2 Å². The van der Waals surface area contributed by atoms with Crippen molar-refractivity contribution in [2.45, 2.75) is 43.9 Å². The van der Waals surface area contributed by atoms with Crippen LogP contribution in [-0.4, -0.2) is 35.1 Å². The predicted molar refractivity (Wildman–Crippen MR) is 114 cm³/mol. The van der Waals surface area contributed by atoms with Crippen LogP contribution in [0.25, 0.3) is 0 Å². The molecule has 32 heavy (non-hydrogen) atoms. The van der Waals surface area contributed by atoms with Gasteiger partial charge < -0.3 is 14.6 Å². The van der Waals surface area contributed by atoms with Gasteiger partial charge in [-0.05, 0) is 35.2 Å². The highest BCUT2D eigenvalue weighted by molar-refractivity contribution is 5.91. The van der Waals surface area contributed by atoms with Gasteiger partial charge in [0.15, 0.2) is 12.4 Å². The van der Waals surface area contributed by atoms with Gasteiger partial charge in [0.25, 0.3) is 5.91 Å². The number of carbonyl (C=O) groups is 1. The molecular weight excluding hydrogens is 419 g/mol. The summed E-state index contributed by atoms with van der Waals surface area (Å²) < 4.78 is 46.5. The van der Waals surface area contributed by atoms with E-state index in [1.807, 2.05) is 12.1 Å². The monoisotopic (exact) mass is 443 g/mol. The number of oxazole rings is 1. The summed E-state index contributed by atoms with van der Waals surface area (Å²) in [7, 11) is 1.10. The number of fused-ring (bicyclic) bond motifs is 1. The van der Waals surface area contributed by atoms with Crippen molar-refractivity contribution >= 4 is 11.6 Å². The minimum Gasteiger partial charge on any atom is -0.438 e. The average Bonchev–Trinajstić information content (AvgIpc) is 3.35. The van der Waals surface area contributed by atoms with Crippen LogP contribution in [-0.2, 0) is 11.8 Å². The molecular formula is C24H24F3N3O2. The van der Waals surface area contributed by atoms with Crippen LogP contribution in [0.2, 0.25) is 0 Å². The summed E-state index contributed by atoms with van der Waals surface area (Å²) in [6, 6.07) is 12.3. The molecule has 2 atom stereocenters. The van der Waals surface area contributed by atoms with Gasteiger partial charge in [0, 0.05) is 24.2 Å². The Hall–Kier alpha value is -3.29. The van der Waals surface area contributed by atoms with Gasteiger partial charge in [-0.25, -0.2) is 4.98 Å². The van der Waals surface area contributed by atoms with Gasteiger partial charge in [0.2, 0.25) is 5.76 Å². The highest BCUT2D eigenvalue weighted by atomic mass is 19.4. The molecule has 3 aromatic rings. The minimum absolute atomic E-state index is 0.0348. The molecule has 2 aromatic carbocycles. The second-order valence-electron chi connectivity index (χ2n) is 8.63. The number of hydrogen-bond donors (Lipinski definition) is 1. The summed E-state index contributed by atoms with van der Waals surface area (Å²) in [5, 5.41) is 3.47. The van der Waals surface area contributed by atoms with Crippen molar-refractivity contribution in [1.29, 1.82) is 0 Å². The van der Waals surface area contributed by atoms with E-state index in [0.717, 1.165) is 31.7 Å². The van der Waals surface area contributed by atoms with E-state index in [1.54, 1.807) is 12.1 Å². The van der Waals surface area contributed by atoms with Crippen molar-refractivity contribution in [3.05, 3.63) is 83.6 Å². The Kier molecular flexibility index (Phi) is 5.48. The van der Waals surface area contributed by atoms with E-state index >= 15 is 0 Å². The number of hydrogen-bond acceptors (Lipinski definition) is 4. The summed E-state index contributed by atoms with van der Waals surface area (Å²) in [4.78, 5) is 16.7. The molecule has 2 unspecified atom stereocenters. The summed E-state index contributed by atoms with van der Waals surface area (Å²) in [6.45, 7) is 4.32. The molecule has 1 aliphatic carbocycles. The Bertz CT molecular complexity index is 1090. The average molecular weight is 443 g/mol. The SMILES string of the molecule is CN(C(=O)c1cnco1)C(c1ccc(NC2Cc3ccccc3C2(C)C)cc1)C(F)(F)F. The minimum atomic E-state index is -4.66. The highest BCUT2D eigenvalue weighted by Gasteiger charge is 2.46. The smallest absolute Gasteiger partial charge is 0.413 e. The molecule has 0 spiro atoms. The zero-order valence-electron chi connectivity index (χ0n) is 18.0. The molecule has 0 fully saturated rings. The van der Waals surface area contributed by atoms with E-state index in [2.05, 4.69) is 36.3 Å². The van der Waals surface area contributed by atoms with E-state index in [-0.39, 0.29) is 22.8 Å². The Morgan fingerprint density at radius 3 is 2.47 bits per heavy atom. The van der Waals surface area contributed by atoms with Crippen LogP contribution in [0.3, 0.4) is 0 Å². The maximum absolute atomic E-state index is 13.9. The van der Waals surface area contributed by atoms with Crippen LogP contribution in [0, 0.1) is 0 Å². The first-order valence-electron chi connectivity index (χ1n) is 10.3. The molecule has 1 aromatic heterocycles. The Morgan fingerprint density at radius 1 is 1.19 bits per heavy atom. The maximum Gasteiger partial charge on any atom is 0.413 e. The third-order valence-corrected chi connectivity index (χ3v) is 6.23. The van der Waals surface area contributed by atoms with Crippen LogP contribution < -0.4 is 5.32 Å². The first-order chi connectivity index (χ1) is 15.1. The van der Waals surface area contributed by atoms with E-state index in [1.165, 1.54) is 23.3 Å². The van der Waals surface area contributed by atoms with Crippen molar-refractivity contribution in [1.82, 2.24) is 9.88 Å². The normalized spacial score (nSPS) is 18.1. The van der Waals surface area contributed by atoms with Gasteiger partial charge in [-0.15, -0.1) is 0 Å². The van der Waals surface area contributed by atoms with Gasteiger partial charge in [0.05, 0.1) is 6.20 Å². The van der Waals surface area contributed by atoms with Crippen LogP contribution in [0.5, 0.6) is 0 Å². The Morgan fingerprint density at radius 2 is 1.88 bits per heavy atom. The van der Waals surface area contributed by atoms with Crippen molar-refractivity contribution in [3.8, 4) is 0 Å². The van der Waals surface area contributed by atoms with Crippen molar-refractivity contribution in [2.75, 3.05) is 12.4 Å². The van der Waals surface area contributed by atoms with Crippen LogP contribution in [0.1, 0.15) is 47.1 Å². The number of rotatable bonds is 5. The number of alkyl halides is 3. The first kappa shape index (κ1) is 21.9. The van der Waals surface area contributed by atoms with Crippen LogP contribution >= 0.6 is 0 Å². The quantitative estimate of drug-likeness (QED) is 0.576. The van der Waals surface area contributed by atoms with Crippen LogP contribution in [0.15, 0.2) is 65.5 Å². The molecule has 0 bridgehead atoms. The molecule has 0 radical (unpaired) electrons. The lowest BCUT2D eigenvalue weighted by Crippen LogP contribution is -2.39. The topological polar surface area (TPSA) is 58.4 Å². The summed E-state index contributed by atoms with van der Waals surface area (Å²) in [5.41, 5.74) is 3.13. The number of nitrogens with zero attached hydrogens (tertiary/aromatic N) is 2. The van der Waals surface area contributed by atoms with E-state index < -0.39 is 18.1 Å².